The summed E-state index contributed by atoms with van der Waals surface area (Å²) in [6.45, 7) is 8.86. The number of anilines is 1. The molecule has 1 aliphatic heterocycles. The average Bonchev–Trinajstić information content (AvgIpc) is 2.71. The fourth-order valence-electron chi connectivity index (χ4n) is 3.22. The van der Waals surface area contributed by atoms with Crippen LogP contribution in [0.15, 0.2) is 35.3 Å². The molecule has 1 aromatic carbocycles. The molecule has 0 bridgehead atoms. The van der Waals surface area contributed by atoms with Gasteiger partial charge in [-0.15, -0.1) is 0 Å². The van der Waals surface area contributed by atoms with Gasteiger partial charge in [-0.25, -0.2) is 4.79 Å². The predicted octanol–water partition coefficient (Wildman–Crippen LogP) is 2.91. The second-order valence-electron chi connectivity index (χ2n) is 7.42. The van der Waals surface area contributed by atoms with Gasteiger partial charge in [0.25, 0.3) is 0 Å². The van der Waals surface area contributed by atoms with Gasteiger partial charge in [-0.05, 0) is 37.8 Å². The zero-order valence-corrected chi connectivity index (χ0v) is 17.6. The van der Waals surface area contributed by atoms with Crippen LogP contribution in [0.25, 0.3) is 0 Å². The Hall–Kier alpha value is -2.44. The summed E-state index contributed by atoms with van der Waals surface area (Å²) in [5, 5.41) is 10.5. The molecule has 0 aliphatic carbocycles. The maximum Gasteiger partial charge on any atom is 0.409 e. The van der Waals surface area contributed by atoms with Crippen LogP contribution < -0.4 is 16.0 Å². The van der Waals surface area contributed by atoms with E-state index in [1.807, 2.05) is 25.1 Å². The van der Waals surface area contributed by atoms with Gasteiger partial charge >= 0.3 is 6.09 Å². The quantitative estimate of drug-likeness (QED) is 0.494. The van der Waals surface area contributed by atoms with Gasteiger partial charge in [0.1, 0.15) is 0 Å². The van der Waals surface area contributed by atoms with Gasteiger partial charge in [-0.1, -0.05) is 32.0 Å². The minimum atomic E-state index is -0.213. The molecule has 2 rings (SSSR count). The van der Waals surface area contributed by atoms with Crippen molar-refractivity contribution in [2.24, 2.45) is 10.9 Å². The summed E-state index contributed by atoms with van der Waals surface area (Å²) < 4.78 is 5.08. The summed E-state index contributed by atoms with van der Waals surface area (Å²) in [6.07, 6.45) is 1.56. The number of guanidine groups is 1. The number of piperidine rings is 1. The predicted molar refractivity (Wildman–Crippen MR) is 115 cm³/mol. The number of likely N-dealkylation sites (tertiary alicyclic amines) is 1. The van der Waals surface area contributed by atoms with Crippen LogP contribution in [-0.4, -0.2) is 62.3 Å². The monoisotopic (exact) mass is 389 g/mol. The SMILES string of the molecule is CCOC(=O)N1CCC(NC(=NC)NCC(Nc2ccccc2)C(C)C)CC1. The molecule has 156 valence electrons. The number of carbonyl (C=O) groups excluding carboxylic acids is 1. The van der Waals surface area contributed by atoms with Crippen molar-refractivity contribution >= 4 is 17.7 Å². The molecule has 1 unspecified atom stereocenters. The summed E-state index contributed by atoms with van der Waals surface area (Å²) in [6, 6.07) is 10.8. The molecule has 1 amide bonds. The van der Waals surface area contributed by atoms with Crippen LogP contribution in [0, 0.1) is 5.92 Å². The maximum atomic E-state index is 11.8. The highest BCUT2D eigenvalue weighted by Crippen LogP contribution is 2.13. The maximum absolute atomic E-state index is 11.8. The molecule has 1 atom stereocenters. The lowest BCUT2D eigenvalue weighted by Crippen LogP contribution is -2.51. The molecule has 0 radical (unpaired) electrons. The number of para-hydroxylation sites is 1. The molecule has 1 fully saturated rings. The molecule has 1 aliphatic rings. The van der Waals surface area contributed by atoms with Crippen molar-refractivity contribution in [1.82, 2.24) is 15.5 Å². The van der Waals surface area contributed by atoms with Crippen LogP contribution in [0.3, 0.4) is 0 Å². The zero-order chi connectivity index (χ0) is 20.4. The lowest BCUT2D eigenvalue weighted by molar-refractivity contribution is 0.0963. The van der Waals surface area contributed by atoms with E-state index in [9.17, 15) is 4.79 Å². The number of benzene rings is 1. The second-order valence-corrected chi connectivity index (χ2v) is 7.42. The van der Waals surface area contributed by atoms with Gasteiger partial charge in [0.05, 0.1) is 6.61 Å². The first-order valence-electron chi connectivity index (χ1n) is 10.2. The van der Waals surface area contributed by atoms with Crippen LogP contribution in [-0.2, 0) is 4.74 Å². The largest absolute Gasteiger partial charge is 0.450 e. The molecule has 7 nitrogen and oxygen atoms in total. The van der Waals surface area contributed by atoms with Crippen molar-refractivity contribution in [2.45, 2.75) is 45.7 Å². The van der Waals surface area contributed by atoms with E-state index in [2.05, 4.69) is 46.9 Å². The minimum Gasteiger partial charge on any atom is -0.450 e. The van der Waals surface area contributed by atoms with E-state index in [0.29, 0.717) is 31.7 Å². The number of rotatable bonds is 7. The van der Waals surface area contributed by atoms with Gasteiger partial charge < -0.3 is 25.6 Å². The number of nitrogens with one attached hydrogen (secondary N) is 3. The fourth-order valence-corrected chi connectivity index (χ4v) is 3.22. The third-order valence-corrected chi connectivity index (χ3v) is 5.01. The topological polar surface area (TPSA) is 78.0 Å². The van der Waals surface area contributed by atoms with E-state index >= 15 is 0 Å². The number of hydrogen-bond donors (Lipinski definition) is 3. The lowest BCUT2D eigenvalue weighted by Gasteiger charge is -2.32. The number of hydrogen-bond acceptors (Lipinski definition) is 4. The van der Waals surface area contributed by atoms with Crippen molar-refractivity contribution in [3.8, 4) is 0 Å². The third-order valence-electron chi connectivity index (χ3n) is 5.01. The number of carbonyl (C=O) groups is 1. The fraction of sp³-hybridized carbons (Fsp3) is 0.619. The van der Waals surface area contributed by atoms with Crippen LogP contribution in [0.1, 0.15) is 33.6 Å². The first kappa shape index (κ1) is 21.9. The average molecular weight is 390 g/mol. The molecule has 0 spiro atoms. The van der Waals surface area contributed by atoms with E-state index in [1.54, 1.807) is 11.9 Å². The first-order chi connectivity index (χ1) is 13.5. The molecular weight excluding hydrogens is 354 g/mol. The summed E-state index contributed by atoms with van der Waals surface area (Å²) >= 11 is 0. The van der Waals surface area contributed by atoms with Crippen molar-refractivity contribution in [2.75, 3.05) is 38.6 Å². The zero-order valence-electron chi connectivity index (χ0n) is 17.6. The molecule has 0 aromatic heterocycles. The Bertz CT molecular complexity index is 612. The highest BCUT2D eigenvalue weighted by molar-refractivity contribution is 5.80. The Morgan fingerprint density at radius 3 is 2.50 bits per heavy atom. The number of amides is 1. The Morgan fingerprint density at radius 1 is 1.25 bits per heavy atom. The van der Waals surface area contributed by atoms with Gasteiger partial charge in [0.15, 0.2) is 5.96 Å². The normalized spacial score (nSPS) is 16.6. The third kappa shape index (κ3) is 6.94. The lowest BCUT2D eigenvalue weighted by atomic mass is 10.0. The molecule has 3 N–H and O–H groups in total. The molecule has 0 saturated carbocycles. The standard InChI is InChI=1S/C21H35N5O2/c1-5-28-21(27)26-13-11-18(12-14-26)25-20(22-4)23-15-19(16(2)3)24-17-9-7-6-8-10-17/h6-10,16,18-19,24H,5,11-15H2,1-4H3,(H2,22,23,25). The van der Waals surface area contributed by atoms with Crippen molar-refractivity contribution in [3.05, 3.63) is 30.3 Å². The highest BCUT2D eigenvalue weighted by Gasteiger charge is 2.24. The van der Waals surface area contributed by atoms with E-state index < -0.39 is 0 Å². The van der Waals surface area contributed by atoms with E-state index in [0.717, 1.165) is 31.0 Å². The molecule has 7 heteroatoms. The number of nitrogens with zero attached hydrogens (tertiary/aromatic N) is 2. The van der Waals surface area contributed by atoms with Crippen LogP contribution >= 0.6 is 0 Å². The molecule has 28 heavy (non-hydrogen) atoms. The summed E-state index contributed by atoms with van der Waals surface area (Å²) in [5.41, 5.74) is 1.12. The van der Waals surface area contributed by atoms with Crippen molar-refractivity contribution in [3.63, 3.8) is 0 Å². The van der Waals surface area contributed by atoms with Gasteiger partial charge in [0, 0.05) is 44.5 Å². The Morgan fingerprint density at radius 2 is 1.93 bits per heavy atom. The Labute approximate surface area is 168 Å². The molecule has 1 heterocycles. The Kier molecular flexibility index (Phi) is 8.91. The van der Waals surface area contributed by atoms with Gasteiger partial charge in [0.2, 0.25) is 0 Å². The Balaban J connectivity index is 1.79. The minimum absolute atomic E-state index is 0.213. The van der Waals surface area contributed by atoms with Crippen molar-refractivity contribution in [1.29, 1.82) is 0 Å². The molecule has 1 saturated heterocycles. The van der Waals surface area contributed by atoms with Gasteiger partial charge in [-0.3, -0.25) is 4.99 Å². The summed E-state index contributed by atoms with van der Waals surface area (Å²) in [5.74, 6) is 1.27. The number of ether oxygens (including phenoxy) is 1. The highest BCUT2D eigenvalue weighted by atomic mass is 16.6. The summed E-state index contributed by atoms with van der Waals surface area (Å²) in [4.78, 5) is 18.0. The number of aliphatic imine (C=N–C) groups is 1. The second kappa shape index (κ2) is 11.4. The van der Waals surface area contributed by atoms with Crippen LogP contribution in [0.4, 0.5) is 10.5 Å². The summed E-state index contributed by atoms with van der Waals surface area (Å²) in [7, 11) is 1.79. The van der Waals surface area contributed by atoms with E-state index in [4.69, 9.17) is 4.74 Å². The molecular formula is C21H35N5O2. The van der Waals surface area contributed by atoms with E-state index in [1.165, 1.54) is 0 Å². The van der Waals surface area contributed by atoms with Crippen LogP contribution in [0.2, 0.25) is 0 Å². The van der Waals surface area contributed by atoms with Crippen LogP contribution in [0.5, 0.6) is 0 Å². The van der Waals surface area contributed by atoms with Crippen molar-refractivity contribution < 1.29 is 9.53 Å². The molecule has 1 aromatic rings. The van der Waals surface area contributed by atoms with E-state index in [-0.39, 0.29) is 12.1 Å². The van der Waals surface area contributed by atoms with Gasteiger partial charge in [-0.2, -0.15) is 0 Å². The smallest absolute Gasteiger partial charge is 0.409 e. The first-order valence-corrected chi connectivity index (χ1v) is 10.2.